The summed E-state index contributed by atoms with van der Waals surface area (Å²) in [6.07, 6.45) is 0. The molecule has 0 saturated carbocycles. The van der Waals surface area contributed by atoms with E-state index in [-0.39, 0.29) is 36.0 Å². The van der Waals surface area contributed by atoms with Gasteiger partial charge in [0.2, 0.25) is 5.88 Å². The number of para-hydroxylation sites is 2. The molecule has 1 heterocycles. The third-order valence-electron chi connectivity index (χ3n) is 3.89. The number of carbonyl (C=O) groups excluding carboxylic acids is 2. The van der Waals surface area contributed by atoms with Gasteiger partial charge in [0.1, 0.15) is 12.3 Å². The van der Waals surface area contributed by atoms with Crippen LogP contribution in [0.2, 0.25) is 0 Å². The summed E-state index contributed by atoms with van der Waals surface area (Å²) in [5.74, 6) is -1.79. The van der Waals surface area contributed by atoms with E-state index in [2.05, 4.69) is 10.2 Å². The van der Waals surface area contributed by atoms with Crippen LogP contribution in [-0.2, 0) is 16.1 Å². The number of fused-ring (bicyclic) bond motifs is 1. The molecule has 3 rings (SSSR count). The lowest BCUT2D eigenvalue weighted by Gasteiger charge is -2.06. The van der Waals surface area contributed by atoms with Gasteiger partial charge in [-0.25, -0.2) is 0 Å². The highest BCUT2D eigenvalue weighted by atomic mass is 16.5. The Morgan fingerprint density at radius 2 is 1.78 bits per heavy atom. The molecule has 0 aliphatic heterocycles. The van der Waals surface area contributed by atoms with Crippen LogP contribution in [0.4, 0.5) is 5.69 Å². The van der Waals surface area contributed by atoms with Gasteiger partial charge in [0.05, 0.1) is 17.7 Å². The standard InChI is InChI=1S/C19H17N3O5/c1-2-27-16(24)11-22-14-9-5-3-7-12(14)17(19(22)26)20-21-18(25)13-8-4-6-10-15(13)23/h3-10,23,26H,2,11H2,1H3. The van der Waals surface area contributed by atoms with Crippen molar-refractivity contribution in [3.05, 3.63) is 54.1 Å². The Morgan fingerprint density at radius 3 is 2.52 bits per heavy atom. The first-order chi connectivity index (χ1) is 13.0. The van der Waals surface area contributed by atoms with Gasteiger partial charge < -0.3 is 14.9 Å². The third kappa shape index (κ3) is 3.64. The minimum atomic E-state index is -0.755. The number of rotatable bonds is 5. The highest BCUT2D eigenvalue weighted by Crippen LogP contribution is 2.39. The minimum Gasteiger partial charge on any atom is -0.507 e. The minimum absolute atomic E-state index is 0.00370. The van der Waals surface area contributed by atoms with Crippen LogP contribution in [0.1, 0.15) is 17.3 Å². The van der Waals surface area contributed by atoms with Gasteiger partial charge in [0.15, 0.2) is 5.69 Å². The summed E-state index contributed by atoms with van der Waals surface area (Å²) >= 11 is 0. The average molecular weight is 367 g/mol. The van der Waals surface area contributed by atoms with Crippen molar-refractivity contribution in [2.24, 2.45) is 10.2 Å². The summed E-state index contributed by atoms with van der Waals surface area (Å²) in [5.41, 5.74) is 0.599. The Bertz CT molecular complexity index is 1040. The van der Waals surface area contributed by atoms with Crippen LogP contribution in [0, 0.1) is 0 Å². The molecule has 0 radical (unpaired) electrons. The molecular formula is C19H17N3O5. The number of aromatic nitrogens is 1. The molecule has 1 amide bonds. The molecule has 27 heavy (non-hydrogen) atoms. The third-order valence-corrected chi connectivity index (χ3v) is 3.89. The van der Waals surface area contributed by atoms with Crippen molar-refractivity contribution >= 4 is 28.5 Å². The monoisotopic (exact) mass is 367 g/mol. The van der Waals surface area contributed by atoms with Crippen molar-refractivity contribution < 1.29 is 24.5 Å². The number of hydrogen-bond acceptors (Lipinski definition) is 6. The molecule has 0 bridgehead atoms. The van der Waals surface area contributed by atoms with E-state index in [1.165, 1.54) is 16.7 Å². The molecular weight excluding hydrogens is 350 g/mol. The normalized spacial score (nSPS) is 11.1. The fourth-order valence-corrected chi connectivity index (χ4v) is 2.67. The van der Waals surface area contributed by atoms with Crippen molar-refractivity contribution in [2.75, 3.05) is 6.61 Å². The van der Waals surface area contributed by atoms with E-state index < -0.39 is 11.9 Å². The van der Waals surface area contributed by atoms with Crippen molar-refractivity contribution in [1.29, 1.82) is 0 Å². The van der Waals surface area contributed by atoms with Crippen LogP contribution in [0.25, 0.3) is 10.9 Å². The van der Waals surface area contributed by atoms with E-state index in [9.17, 15) is 19.8 Å². The van der Waals surface area contributed by atoms with Gasteiger partial charge >= 0.3 is 5.97 Å². The Labute approximate surface area is 154 Å². The van der Waals surface area contributed by atoms with Crippen LogP contribution in [0.15, 0.2) is 58.8 Å². The van der Waals surface area contributed by atoms with Gasteiger partial charge in [-0.15, -0.1) is 10.2 Å². The van der Waals surface area contributed by atoms with Crippen LogP contribution in [0.5, 0.6) is 11.6 Å². The van der Waals surface area contributed by atoms with E-state index in [1.54, 1.807) is 43.3 Å². The summed E-state index contributed by atoms with van der Waals surface area (Å²) in [5, 5.41) is 28.2. The number of phenolic OH excluding ortho intramolecular Hbond substituents is 1. The van der Waals surface area contributed by atoms with E-state index in [4.69, 9.17) is 4.74 Å². The number of carbonyl (C=O) groups is 2. The lowest BCUT2D eigenvalue weighted by molar-refractivity contribution is -0.143. The van der Waals surface area contributed by atoms with E-state index >= 15 is 0 Å². The first kappa shape index (κ1) is 18.1. The zero-order chi connectivity index (χ0) is 19.4. The van der Waals surface area contributed by atoms with E-state index in [0.717, 1.165) is 0 Å². The molecule has 0 saturated heterocycles. The topological polar surface area (TPSA) is 113 Å². The highest BCUT2D eigenvalue weighted by Gasteiger charge is 2.19. The number of amides is 1. The smallest absolute Gasteiger partial charge is 0.326 e. The van der Waals surface area contributed by atoms with Crippen molar-refractivity contribution in [3.63, 3.8) is 0 Å². The predicted octanol–water partition coefficient (Wildman–Crippen LogP) is 3.54. The maximum Gasteiger partial charge on any atom is 0.326 e. The van der Waals surface area contributed by atoms with Crippen molar-refractivity contribution in [1.82, 2.24) is 4.57 Å². The zero-order valence-electron chi connectivity index (χ0n) is 14.5. The molecule has 0 aliphatic rings. The SMILES string of the molecule is CCOC(=O)Cn1c(O)c(N=NC(=O)c2ccccc2O)c2ccccc21. The predicted molar refractivity (Wildman–Crippen MR) is 97.2 cm³/mol. The Balaban J connectivity index is 1.99. The van der Waals surface area contributed by atoms with Gasteiger partial charge in [-0.3, -0.25) is 14.2 Å². The van der Waals surface area contributed by atoms with Gasteiger partial charge in [-0.1, -0.05) is 30.3 Å². The molecule has 0 atom stereocenters. The molecule has 3 aromatic rings. The quantitative estimate of drug-likeness (QED) is 0.529. The number of phenols is 1. The summed E-state index contributed by atoms with van der Waals surface area (Å²) in [7, 11) is 0. The number of ether oxygens (including phenoxy) is 1. The van der Waals surface area contributed by atoms with E-state index in [1.807, 2.05) is 0 Å². The Hall–Kier alpha value is -3.68. The van der Waals surface area contributed by atoms with Gasteiger partial charge in [-0.2, -0.15) is 0 Å². The molecule has 8 heteroatoms. The van der Waals surface area contributed by atoms with Crippen LogP contribution in [0.3, 0.4) is 0 Å². The highest BCUT2D eigenvalue weighted by molar-refractivity contribution is 5.99. The summed E-state index contributed by atoms with van der Waals surface area (Å²) < 4.78 is 6.26. The molecule has 2 N–H and O–H groups in total. The van der Waals surface area contributed by atoms with Gasteiger partial charge in [-0.05, 0) is 25.1 Å². The maximum atomic E-state index is 12.2. The Morgan fingerprint density at radius 1 is 1.07 bits per heavy atom. The second-order valence-corrected chi connectivity index (χ2v) is 5.60. The van der Waals surface area contributed by atoms with Crippen LogP contribution in [-0.4, -0.2) is 33.3 Å². The molecule has 138 valence electrons. The molecule has 0 fully saturated rings. The second-order valence-electron chi connectivity index (χ2n) is 5.60. The number of benzene rings is 2. The van der Waals surface area contributed by atoms with Crippen molar-refractivity contribution in [3.8, 4) is 11.6 Å². The Kier molecular flexibility index (Phi) is 5.16. The van der Waals surface area contributed by atoms with Gasteiger partial charge in [0, 0.05) is 5.39 Å². The zero-order valence-corrected chi connectivity index (χ0v) is 14.5. The second kappa shape index (κ2) is 7.69. The summed E-state index contributed by atoms with van der Waals surface area (Å²) in [4.78, 5) is 24.0. The number of azo groups is 1. The summed E-state index contributed by atoms with van der Waals surface area (Å²) in [6, 6.07) is 12.8. The van der Waals surface area contributed by atoms with Crippen molar-refractivity contribution in [2.45, 2.75) is 13.5 Å². The van der Waals surface area contributed by atoms with Crippen LogP contribution >= 0.6 is 0 Å². The largest absolute Gasteiger partial charge is 0.507 e. The number of hydrogen-bond donors (Lipinski definition) is 2. The first-order valence-corrected chi connectivity index (χ1v) is 8.22. The van der Waals surface area contributed by atoms with E-state index in [0.29, 0.717) is 10.9 Å². The lowest BCUT2D eigenvalue weighted by Crippen LogP contribution is -2.12. The number of nitrogens with zero attached hydrogens (tertiary/aromatic N) is 3. The molecule has 0 spiro atoms. The fraction of sp³-hybridized carbons (Fsp3) is 0.158. The van der Waals surface area contributed by atoms with Gasteiger partial charge in [0.25, 0.3) is 5.91 Å². The molecule has 2 aromatic carbocycles. The molecule has 1 aromatic heterocycles. The molecule has 0 unspecified atom stereocenters. The number of esters is 1. The molecule has 0 aliphatic carbocycles. The fourth-order valence-electron chi connectivity index (χ4n) is 2.67. The summed E-state index contributed by atoms with van der Waals surface area (Å²) in [6.45, 7) is 1.71. The first-order valence-electron chi connectivity index (χ1n) is 8.22. The van der Waals surface area contributed by atoms with Crippen LogP contribution < -0.4 is 0 Å². The molecule has 8 nitrogen and oxygen atoms in total. The maximum absolute atomic E-state index is 12.2. The average Bonchev–Trinajstić information content (AvgIpc) is 2.92. The lowest BCUT2D eigenvalue weighted by atomic mass is 10.2. The number of aromatic hydroxyl groups is 2.